The summed E-state index contributed by atoms with van der Waals surface area (Å²) < 4.78 is 4.77. The Bertz CT molecular complexity index is 868. The molecule has 3 rings (SSSR count). The number of aliphatic hydroxyl groups excluding tert-OH is 1. The van der Waals surface area contributed by atoms with E-state index in [2.05, 4.69) is 48.1 Å². The van der Waals surface area contributed by atoms with Crippen molar-refractivity contribution in [2.75, 3.05) is 26.3 Å². The standard InChI is InChI=1S/C28H46N2O5S/c1-9-13-30(27(7,8)17-26(4,5)6)24(33)22-28-18(3)16-19(36-28)20(25(34)35-10-2)21(28)23(32)29(22)14-11-12-15-31/h9,18-22,31H,1,10-17H2,2-8H3/t18?,19-,20+,21-,22?,28?/m0/s1. The monoisotopic (exact) mass is 522 g/mol. The maximum Gasteiger partial charge on any atom is 0.310 e. The third-order valence-electron chi connectivity index (χ3n) is 8.12. The zero-order valence-electron chi connectivity index (χ0n) is 23.2. The Morgan fingerprint density at radius 1 is 1.28 bits per heavy atom. The van der Waals surface area contributed by atoms with Crippen LogP contribution in [0.2, 0.25) is 0 Å². The number of hydrogen-bond donors (Lipinski definition) is 1. The van der Waals surface area contributed by atoms with Crippen molar-refractivity contribution in [1.29, 1.82) is 0 Å². The zero-order valence-corrected chi connectivity index (χ0v) is 24.0. The lowest BCUT2D eigenvalue weighted by Crippen LogP contribution is -2.61. The summed E-state index contributed by atoms with van der Waals surface area (Å²) in [5, 5.41) is 9.36. The summed E-state index contributed by atoms with van der Waals surface area (Å²) in [6.07, 6.45) is 4.50. The molecule has 3 fully saturated rings. The maximum atomic E-state index is 14.6. The first-order valence-corrected chi connectivity index (χ1v) is 14.3. The third kappa shape index (κ3) is 4.96. The predicted octanol–water partition coefficient (Wildman–Crippen LogP) is 3.89. The van der Waals surface area contributed by atoms with Crippen LogP contribution in [-0.2, 0) is 19.1 Å². The Kier molecular flexibility index (Phi) is 8.61. The average Bonchev–Trinajstić information content (AvgIpc) is 3.34. The Labute approximate surface area is 221 Å². The van der Waals surface area contributed by atoms with E-state index in [-0.39, 0.29) is 47.6 Å². The second-order valence-electron chi connectivity index (χ2n) is 12.6. The highest BCUT2D eigenvalue weighted by Crippen LogP contribution is 2.69. The van der Waals surface area contributed by atoms with E-state index in [0.717, 1.165) is 12.8 Å². The molecule has 0 aromatic heterocycles. The number of rotatable bonds is 11. The average molecular weight is 523 g/mol. The van der Waals surface area contributed by atoms with Gasteiger partial charge < -0.3 is 19.6 Å². The van der Waals surface area contributed by atoms with Crippen molar-refractivity contribution >= 4 is 29.5 Å². The van der Waals surface area contributed by atoms with Gasteiger partial charge in [0.1, 0.15) is 6.04 Å². The van der Waals surface area contributed by atoms with Crippen LogP contribution in [0.4, 0.5) is 0 Å². The minimum absolute atomic E-state index is 0.000804. The molecule has 7 nitrogen and oxygen atoms in total. The molecule has 1 spiro atoms. The molecule has 0 aromatic carbocycles. The predicted molar refractivity (Wildman–Crippen MR) is 143 cm³/mol. The molecule has 3 aliphatic heterocycles. The van der Waals surface area contributed by atoms with Crippen LogP contribution in [0.1, 0.15) is 74.1 Å². The highest BCUT2D eigenvalue weighted by atomic mass is 32.2. The molecule has 8 heteroatoms. The van der Waals surface area contributed by atoms with Gasteiger partial charge in [0.05, 0.1) is 23.2 Å². The molecule has 6 atom stereocenters. The van der Waals surface area contributed by atoms with E-state index in [1.165, 1.54) is 0 Å². The van der Waals surface area contributed by atoms with Crippen LogP contribution in [0, 0.1) is 23.2 Å². The molecular formula is C28H46N2O5S. The summed E-state index contributed by atoms with van der Waals surface area (Å²) >= 11 is 1.68. The van der Waals surface area contributed by atoms with Crippen molar-refractivity contribution in [2.24, 2.45) is 23.2 Å². The van der Waals surface area contributed by atoms with Crippen LogP contribution < -0.4 is 0 Å². The van der Waals surface area contributed by atoms with Gasteiger partial charge in [0.15, 0.2) is 0 Å². The van der Waals surface area contributed by atoms with Gasteiger partial charge in [-0.3, -0.25) is 14.4 Å². The van der Waals surface area contributed by atoms with Crippen molar-refractivity contribution in [3.63, 3.8) is 0 Å². The van der Waals surface area contributed by atoms with Crippen LogP contribution >= 0.6 is 11.8 Å². The SMILES string of the molecule is C=CCN(C(=O)C1N(CCCCO)C(=O)[C@@H]2[C@H](C(=O)OCC)[C@@H]3CC(C)C12S3)C(C)(C)CC(C)(C)C. The topological polar surface area (TPSA) is 87.2 Å². The zero-order chi connectivity index (χ0) is 27.1. The van der Waals surface area contributed by atoms with Crippen LogP contribution in [0.5, 0.6) is 0 Å². The first kappa shape index (κ1) is 29.0. The molecule has 2 amide bonds. The molecular weight excluding hydrogens is 476 g/mol. The number of aliphatic hydroxyl groups is 1. The molecule has 0 saturated carbocycles. The van der Waals surface area contributed by atoms with Crippen LogP contribution in [0.15, 0.2) is 12.7 Å². The third-order valence-corrected chi connectivity index (χ3v) is 10.2. The largest absolute Gasteiger partial charge is 0.466 e. The summed E-state index contributed by atoms with van der Waals surface area (Å²) in [6.45, 7) is 19.6. The van der Waals surface area contributed by atoms with Crippen molar-refractivity contribution in [2.45, 2.75) is 95.7 Å². The minimum atomic E-state index is -0.660. The van der Waals surface area contributed by atoms with Gasteiger partial charge in [0.2, 0.25) is 11.8 Å². The Morgan fingerprint density at radius 2 is 1.94 bits per heavy atom. The van der Waals surface area contributed by atoms with E-state index in [0.29, 0.717) is 25.9 Å². The van der Waals surface area contributed by atoms with E-state index >= 15 is 0 Å². The normalized spacial score (nSPS) is 31.5. The van der Waals surface area contributed by atoms with Crippen molar-refractivity contribution in [1.82, 2.24) is 9.80 Å². The molecule has 2 bridgehead atoms. The number of nitrogens with zero attached hydrogens (tertiary/aromatic N) is 2. The molecule has 0 radical (unpaired) electrons. The summed E-state index contributed by atoms with van der Waals surface area (Å²) in [6, 6.07) is -0.655. The maximum absolute atomic E-state index is 14.6. The lowest BCUT2D eigenvalue weighted by atomic mass is 9.66. The smallest absolute Gasteiger partial charge is 0.310 e. The molecule has 3 saturated heterocycles. The second-order valence-corrected chi connectivity index (χ2v) is 14.1. The molecule has 36 heavy (non-hydrogen) atoms. The van der Waals surface area contributed by atoms with Gasteiger partial charge in [-0.1, -0.05) is 33.8 Å². The number of thioether (sulfide) groups is 1. The second kappa shape index (κ2) is 10.7. The van der Waals surface area contributed by atoms with Gasteiger partial charge in [-0.25, -0.2) is 0 Å². The van der Waals surface area contributed by atoms with Crippen molar-refractivity contribution in [3.8, 4) is 0 Å². The molecule has 204 valence electrons. The number of hydrogen-bond acceptors (Lipinski definition) is 6. The number of fused-ring (bicyclic) bond motifs is 1. The number of amides is 2. The number of likely N-dealkylation sites (tertiary alicyclic amines) is 1. The number of carbonyl (C=O) groups is 3. The van der Waals surface area contributed by atoms with E-state index in [1.54, 1.807) is 29.7 Å². The van der Waals surface area contributed by atoms with Gasteiger partial charge >= 0.3 is 5.97 Å². The molecule has 1 N–H and O–H groups in total. The molecule has 3 heterocycles. The minimum Gasteiger partial charge on any atom is -0.466 e. The lowest BCUT2D eigenvalue weighted by molar-refractivity contribution is -0.154. The highest BCUT2D eigenvalue weighted by Gasteiger charge is 2.76. The lowest BCUT2D eigenvalue weighted by Gasteiger charge is -2.46. The van der Waals surface area contributed by atoms with Gasteiger partial charge in [0, 0.05) is 30.5 Å². The number of carbonyl (C=O) groups excluding carboxylic acids is 3. The van der Waals surface area contributed by atoms with E-state index < -0.39 is 28.2 Å². The fourth-order valence-electron chi connectivity index (χ4n) is 7.25. The highest BCUT2D eigenvalue weighted by molar-refractivity contribution is 8.02. The number of ether oxygens (including phenoxy) is 1. The summed E-state index contributed by atoms with van der Waals surface area (Å²) in [7, 11) is 0. The fraction of sp³-hybridized carbons (Fsp3) is 0.821. The van der Waals surface area contributed by atoms with Gasteiger partial charge in [-0.2, -0.15) is 0 Å². The summed E-state index contributed by atoms with van der Waals surface area (Å²) in [5.41, 5.74) is -0.456. The Morgan fingerprint density at radius 3 is 2.50 bits per heavy atom. The summed E-state index contributed by atoms with van der Waals surface area (Å²) in [4.78, 5) is 45.4. The van der Waals surface area contributed by atoms with E-state index in [9.17, 15) is 19.5 Å². The quantitative estimate of drug-likeness (QED) is 0.252. The van der Waals surface area contributed by atoms with E-state index in [4.69, 9.17) is 4.74 Å². The van der Waals surface area contributed by atoms with Crippen LogP contribution in [0.3, 0.4) is 0 Å². The molecule has 0 aliphatic carbocycles. The Hall–Kier alpha value is -1.54. The van der Waals surface area contributed by atoms with Gasteiger partial charge in [-0.05, 0) is 57.8 Å². The van der Waals surface area contributed by atoms with Crippen LogP contribution in [-0.4, -0.2) is 80.6 Å². The van der Waals surface area contributed by atoms with Gasteiger partial charge in [0.25, 0.3) is 0 Å². The molecule has 3 aliphatic rings. The molecule has 3 unspecified atom stereocenters. The first-order valence-electron chi connectivity index (χ1n) is 13.4. The van der Waals surface area contributed by atoms with Crippen LogP contribution in [0.25, 0.3) is 0 Å². The fourth-order valence-corrected chi connectivity index (χ4v) is 9.65. The van der Waals surface area contributed by atoms with E-state index in [1.807, 2.05) is 4.90 Å². The number of unbranched alkanes of at least 4 members (excludes halogenated alkanes) is 1. The first-order chi connectivity index (χ1) is 16.8. The number of esters is 1. The van der Waals surface area contributed by atoms with Gasteiger partial charge in [-0.15, -0.1) is 18.3 Å². The molecule has 0 aromatic rings. The Balaban J connectivity index is 2.09. The van der Waals surface area contributed by atoms with Crippen molar-refractivity contribution in [3.05, 3.63) is 12.7 Å². The summed E-state index contributed by atoms with van der Waals surface area (Å²) in [5.74, 6) is -1.46. The van der Waals surface area contributed by atoms with Crippen molar-refractivity contribution < 1.29 is 24.2 Å².